The molecule has 1 saturated carbocycles. The summed E-state index contributed by atoms with van der Waals surface area (Å²) in [6.45, 7) is 5.32. The van der Waals surface area contributed by atoms with Crippen molar-refractivity contribution in [1.29, 1.82) is 0 Å². The van der Waals surface area contributed by atoms with E-state index in [1.54, 1.807) is 0 Å². The Balaban J connectivity index is 2.07. The van der Waals surface area contributed by atoms with Crippen molar-refractivity contribution in [3.8, 4) is 0 Å². The molecule has 2 aliphatic rings. The molecule has 1 unspecified atom stereocenters. The highest BCUT2D eigenvalue weighted by Gasteiger charge is 2.42. The molecule has 14 heavy (non-hydrogen) atoms. The van der Waals surface area contributed by atoms with E-state index in [0.717, 1.165) is 19.3 Å². The third-order valence-corrected chi connectivity index (χ3v) is 3.30. The van der Waals surface area contributed by atoms with Crippen LogP contribution in [-0.2, 0) is 14.3 Å². The number of carbonyl (C=O) groups is 1. The Kier molecular flexibility index (Phi) is 2.62. The quantitative estimate of drug-likeness (QED) is 0.644. The Hall–Kier alpha value is -0.410. The molecular formula is C11H18O3. The van der Waals surface area contributed by atoms with E-state index in [0.29, 0.717) is 19.0 Å². The summed E-state index contributed by atoms with van der Waals surface area (Å²) in [7, 11) is 0. The number of rotatable bonds is 1. The zero-order chi connectivity index (χ0) is 10.2. The van der Waals surface area contributed by atoms with Crippen LogP contribution < -0.4 is 0 Å². The topological polar surface area (TPSA) is 35.5 Å². The number of carbonyl (C=O) groups excluding carboxylic acids is 1. The SMILES string of the molecule is CC1(C)CCCC(C2OCCO2)C1=O. The number of ether oxygens (including phenoxy) is 2. The minimum Gasteiger partial charge on any atom is -0.349 e. The van der Waals surface area contributed by atoms with E-state index >= 15 is 0 Å². The van der Waals surface area contributed by atoms with Crippen LogP contribution in [0, 0.1) is 11.3 Å². The molecule has 1 aliphatic carbocycles. The maximum absolute atomic E-state index is 12.1. The van der Waals surface area contributed by atoms with Gasteiger partial charge in [0.15, 0.2) is 6.29 Å². The predicted molar refractivity (Wildman–Crippen MR) is 51.8 cm³/mol. The molecule has 0 radical (unpaired) electrons. The zero-order valence-corrected chi connectivity index (χ0v) is 8.91. The van der Waals surface area contributed by atoms with Gasteiger partial charge in [-0.3, -0.25) is 4.79 Å². The van der Waals surface area contributed by atoms with Gasteiger partial charge in [0.05, 0.1) is 19.1 Å². The molecule has 1 saturated heterocycles. The van der Waals surface area contributed by atoms with E-state index in [4.69, 9.17) is 9.47 Å². The maximum atomic E-state index is 12.1. The fourth-order valence-corrected chi connectivity index (χ4v) is 2.39. The van der Waals surface area contributed by atoms with Gasteiger partial charge in [0.2, 0.25) is 0 Å². The molecule has 0 aromatic carbocycles. The molecule has 3 nitrogen and oxygen atoms in total. The van der Waals surface area contributed by atoms with Gasteiger partial charge in [-0.05, 0) is 12.8 Å². The molecule has 0 N–H and O–H groups in total. The van der Waals surface area contributed by atoms with Crippen LogP contribution >= 0.6 is 0 Å². The van der Waals surface area contributed by atoms with Crippen molar-refractivity contribution in [2.75, 3.05) is 13.2 Å². The first-order valence-electron chi connectivity index (χ1n) is 5.39. The highest BCUT2D eigenvalue weighted by Crippen LogP contribution is 2.38. The Bertz CT molecular complexity index is 229. The van der Waals surface area contributed by atoms with Gasteiger partial charge in [0.1, 0.15) is 5.78 Å². The lowest BCUT2D eigenvalue weighted by atomic mass is 9.71. The maximum Gasteiger partial charge on any atom is 0.167 e. The highest BCUT2D eigenvalue weighted by molar-refractivity contribution is 5.87. The molecule has 2 rings (SSSR count). The first-order chi connectivity index (χ1) is 6.61. The van der Waals surface area contributed by atoms with E-state index in [9.17, 15) is 4.79 Å². The van der Waals surface area contributed by atoms with Crippen LogP contribution in [0.3, 0.4) is 0 Å². The van der Waals surface area contributed by atoms with Crippen molar-refractivity contribution in [3.05, 3.63) is 0 Å². The highest BCUT2D eigenvalue weighted by atomic mass is 16.7. The summed E-state index contributed by atoms with van der Waals surface area (Å²) in [6.07, 6.45) is 2.76. The van der Waals surface area contributed by atoms with Crippen LogP contribution in [-0.4, -0.2) is 25.3 Å². The third kappa shape index (κ3) is 1.71. The molecule has 0 aromatic rings. The normalized spacial score (nSPS) is 33.6. The second-order valence-electron chi connectivity index (χ2n) is 4.86. The fraction of sp³-hybridized carbons (Fsp3) is 0.909. The molecule has 2 fully saturated rings. The zero-order valence-electron chi connectivity index (χ0n) is 8.91. The van der Waals surface area contributed by atoms with Crippen LogP contribution in [0.4, 0.5) is 0 Å². The average Bonchev–Trinajstić information content (AvgIpc) is 2.62. The molecule has 0 bridgehead atoms. The van der Waals surface area contributed by atoms with Crippen molar-refractivity contribution < 1.29 is 14.3 Å². The molecule has 1 aliphatic heterocycles. The molecule has 1 heterocycles. The fourth-order valence-electron chi connectivity index (χ4n) is 2.39. The summed E-state index contributed by atoms with van der Waals surface area (Å²) >= 11 is 0. The van der Waals surface area contributed by atoms with Crippen LogP contribution in [0.15, 0.2) is 0 Å². The smallest absolute Gasteiger partial charge is 0.167 e. The first kappa shape index (κ1) is 10.1. The van der Waals surface area contributed by atoms with Crippen molar-refractivity contribution in [1.82, 2.24) is 0 Å². The summed E-state index contributed by atoms with van der Waals surface area (Å²) in [5, 5.41) is 0. The second-order valence-corrected chi connectivity index (χ2v) is 4.86. The van der Waals surface area contributed by atoms with E-state index < -0.39 is 0 Å². The minimum absolute atomic E-state index is 0.0266. The van der Waals surface area contributed by atoms with Crippen molar-refractivity contribution >= 4 is 5.78 Å². The summed E-state index contributed by atoms with van der Waals surface area (Å²) in [5.41, 5.74) is -0.182. The number of ketones is 1. The van der Waals surface area contributed by atoms with Crippen molar-refractivity contribution in [2.24, 2.45) is 11.3 Å². The first-order valence-corrected chi connectivity index (χ1v) is 5.39. The molecule has 3 heteroatoms. The van der Waals surface area contributed by atoms with Gasteiger partial charge in [0.25, 0.3) is 0 Å². The number of Topliss-reactive ketones (excluding diaryl/α,β-unsaturated/α-hetero) is 1. The molecule has 80 valence electrons. The molecule has 0 amide bonds. The molecule has 1 atom stereocenters. The average molecular weight is 198 g/mol. The van der Waals surface area contributed by atoms with Gasteiger partial charge < -0.3 is 9.47 Å². The Morgan fingerprint density at radius 1 is 1.29 bits per heavy atom. The van der Waals surface area contributed by atoms with E-state index in [-0.39, 0.29) is 17.6 Å². The van der Waals surface area contributed by atoms with Gasteiger partial charge >= 0.3 is 0 Å². The van der Waals surface area contributed by atoms with E-state index in [1.165, 1.54) is 0 Å². The third-order valence-electron chi connectivity index (χ3n) is 3.30. The van der Waals surface area contributed by atoms with Crippen LogP contribution in [0.2, 0.25) is 0 Å². The van der Waals surface area contributed by atoms with Gasteiger partial charge in [-0.25, -0.2) is 0 Å². The number of hydrogen-bond acceptors (Lipinski definition) is 3. The summed E-state index contributed by atoms with van der Waals surface area (Å²) in [4.78, 5) is 12.1. The summed E-state index contributed by atoms with van der Waals surface area (Å²) < 4.78 is 10.8. The largest absolute Gasteiger partial charge is 0.349 e. The van der Waals surface area contributed by atoms with Gasteiger partial charge in [0, 0.05) is 5.41 Å². The van der Waals surface area contributed by atoms with E-state index in [2.05, 4.69) is 0 Å². The van der Waals surface area contributed by atoms with Gasteiger partial charge in [-0.1, -0.05) is 20.3 Å². The molecular weight excluding hydrogens is 180 g/mol. The van der Waals surface area contributed by atoms with Crippen molar-refractivity contribution in [2.45, 2.75) is 39.4 Å². The Morgan fingerprint density at radius 2 is 1.93 bits per heavy atom. The lowest BCUT2D eigenvalue weighted by Gasteiger charge is -2.35. The second kappa shape index (κ2) is 3.63. The van der Waals surface area contributed by atoms with E-state index in [1.807, 2.05) is 13.8 Å². The van der Waals surface area contributed by atoms with Crippen LogP contribution in [0.25, 0.3) is 0 Å². The minimum atomic E-state index is -0.262. The van der Waals surface area contributed by atoms with Gasteiger partial charge in [-0.2, -0.15) is 0 Å². The van der Waals surface area contributed by atoms with Gasteiger partial charge in [-0.15, -0.1) is 0 Å². The summed E-state index contributed by atoms with van der Waals surface area (Å²) in [6, 6.07) is 0. The lowest BCUT2D eigenvalue weighted by molar-refractivity contribution is -0.152. The van der Waals surface area contributed by atoms with Crippen molar-refractivity contribution in [3.63, 3.8) is 0 Å². The van der Waals surface area contributed by atoms with Crippen LogP contribution in [0.1, 0.15) is 33.1 Å². The Labute approximate surface area is 84.8 Å². The number of hydrogen-bond donors (Lipinski definition) is 0. The molecule has 0 aromatic heterocycles. The summed E-state index contributed by atoms with van der Waals surface area (Å²) in [5.74, 6) is 0.289. The standard InChI is InChI=1S/C11H18O3/c1-11(2)5-3-4-8(9(11)12)10-13-6-7-14-10/h8,10H,3-7H2,1-2H3. The monoisotopic (exact) mass is 198 g/mol. The van der Waals surface area contributed by atoms with Crippen LogP contribution in [0.5, 0.6) is 0 Å². The molecule has 0 spiro atoms. The Morgan fingerprint density at radius 3 is 2.57 bits per heavy atom. The predicted octanol–water partition coefficient (Wildman–Crippen LogP) is 1.75. The lowest BCUT2D eigenvalue weighted by Crippen LogP contribution is -2.41.